The number of hydrogen-bond donors (Lipinski definition) is 1. The zero-order valence-corrected chi connectivity index (χ0v) is 13.0. The molecule has 1 fully saturated rings. The number of amides is 1. The Morgan fingerprint density at radius 1 is 1.32 bits per heavy atom. The predicted molar refractivity (Wildman–Crippen MR) is 83.4 cm³/mol. The molecular formula is C17H19NO4. The van der Waals surface area contributed by atoms with Gasteiger partial charge in [-0.1, -0.05) is 0 Å². The lowest BCUT2D eigenvalue weighted by Gasteiger charge is -2.11. The van der Waals surface area contributed by atoms with Gasteiger partial charge < -0.3 is 14.5 Å². The summed E-state index contributed by atoms with van der Waals surface area (Å²) in [6.07, 6.45) is 2.11. The van der Waals surface area contributed by atoms with Crippen molar-refractivity contribution >= 4 is 16.9 Å². The van der Waals surface area contributed by atoms with Crippen LogP contribution in [-0.2, 0) is 11.2 Å². The maximum Gasteiger partial charge on any atom is 0.340 e. The van der Waals surface area contributed by atoms with Gasteiger partial charge in [-0.3, -0.25) is 4.79 Å². The average molecular weight is 301 g/mol. The third-order valence-corrected chi connectivity index (χ3v) is 4.15. The highest BCUT2D eigenvalue weighted by Crippen LogP contribution is 2.29. The first-order chi connectivity index (χ1) is 10.5. The van der Waals surface area contributed by atoms with Gasteiger partial charge in [0.25, 0.3) is 0 Å². The van der Waals surface area contributed by atoms with E-state index in [0.29, 0.717) is 16.9 Å². The summed E-state index contributed by atoms with van der Waals surface area (Å²) in [6.45, 7) is 3.70. The highest BCUT2D eigenvalue weighted by atomic mass is 16.5. The molecule has 1 N–H and O–H groups in total. The number of carbonyl (C=O) groups excluding carboxylic acids is 1. The Kier molecular flexibility index (Phi) is 3.64. The standard InChI is InChI=1S/C17H19NO4/c1-9-12-6-7-14(21-3)10(2)16(12)22-17(20)13(9)8-15(19)18-11-4-5-11/h6-7,11H,4-5,8H2,1-3H3,(H,18,19). The van der Waals surface area contributed by atoms with E-state index in [9.17, 15) is 9.59 Å². The van der Waals surface area contributed by atoms with Crippen molar-refractivity contribution in [2.75, 3.05) is 7.11 Å². The second kappa shape index (κ2) is 5.48. The van der Waals surface area contributed by atoms with Crippen LogP contribution in [0.3, 0.4) is 0 Å². The molecule has 1 amide bonds. The molecule has 5 heteroatoms. The minimum Gasteiger partial charge on any atom is -0.496 e. The topological polar surface area (TPSA) is 68.5 Å². The Hall–Kier alpha value is -2.30. The first kappa shape index (κ1) is 14.6. The summed E-state index contributed by atoms with van der Waals surface area (Å²) < 4.78 is 10.7. The molecule has 0 aliphatic heterocycles. The van der Waals surface area contributed by atoms with Crippen molar-refractivity contribution in [3.63, 3.8) is 0 Å². The van der Waals surface area contributed by atoms with Crippen molar-refractivity contribution in [2.45, 2.75) is 39.2 Å². The van der Waals surface area contributed by atoms with Crippen molar-refractivity contribution < 1.29 is 13.9 Å². The normalized spacial score (nSPS) is 14.1. The van der Waals surface area contributed by atoms with E-state index in [1.54, 1.807) is 7.11 Å². The van der Waals surface area contributed by atoms with E-state index >= 15 is 0 Å². The maximum absolute atomic E-state index is 12.3. The van der Waals surface area contributed by atoms with Crippen molar-refractivity contribution in [2.24, 2.45) is 0 Å². The van der Waals surface area contributed by atoms with Crippen LogP contribution in [0.2, 0.25) is 0 Å². The zero-order chi connectivity index (χ0) is 15.9. The maximum atomic E-state index is 12.3. The van der Waals surface area contributed by atoms with E-state index in [-0.39, 0.29) is 18.4 Å². The molecule has 1 aliphatic carbocycles. The number of ether oxygens (including phenoxy) is 1. The lowest BCUT2D eigenvalue weighted by Crippen LogP contribution is -2.29. The molecule has 0 atom stereocenters. The smallest absolute Gasteiger partial charge is 0.340 e. The molecule has 0 saturated heterocycles. The van der Waals surface area contributed by atoms with Gasteiger partial charge in [0.1, 0.15) is 11.3 Å². The van der Waals surface area contributed by atoms with Gasteiger partial charge in [0, 0.05) is 17.0 Å². The van der Waals surface area contributed by atoms with Crippen LogP contribution >= 0.6 is 0 Å². The molecule has 22 heavy (non-hydrogen) atoms. The van der Waals surface area contributed by atoms with Gasteiger partial charge in [0.15, 0.2) is 0 Å². The van der Waals surface area contributed by atoms with Crippen LogP contribution in [0.25, 0.3) is 11.0 Å². The van der Waals surface area contributed by atoms with E-state index in [1.807, 2.05) is 26.0 Å². The fourth-order valence-electron chi connectivity index (χ4n) is 2.66. The fourth-order valence-corrected chi connectivity index (χ4v) is 2.66. The van der Waals surface area contributed by atoms with Crippen molar-refractivity contribution in [1.29, 1.82) is 0 Å². The SMILES string of the molecule is COc1ccc2c(C)c(CC(=O)NC3CC3)c(=O)oc2c1C. The molecule has 2 aromatic rings. The summed E-state index contributed by atoms with van der Waals surface area (Å²) in [4.78, 5) is 24.2. The predicted octanol–water partition coefficient (Wildman–Crippen LogP) is 2.24. The Morgan fingerprint density at radius 2 is 2.05 bits per heavy atom. The van der Waals surface area contributed by atoms with E-state index in [2.05, 4.69) is 5.32 Å². The number of hydrogen-bond acceptors (Lipinski definition) is 4. The van der Waals surface area contributed by atoms with Gasteiger partial charge in [-0.05, 0) is 44.4 Å². The van der Waals surface area contributed by atoms with E-state index in [0.717, 1.165) is 29.4 Å². The Bertz CT molecular complexity index is 802. The van der Waals surface area contributed by atoms with Gasteiger partial charge >= 0.3 is 5.63 Å². The van der Waals surface area contributed by atoms with Crippen molar-refractivity contribution in [3.05, 3.63) is 39.2 Å². The minimum absolute atomic E-state index is 0.0612. The van der Waals surface area contributed by atoms with Crippen LogP contribution in [0, 0.1) is 13.8 Å². The van der Waals surface area contributed by atoms with Crippen LogP contribution in [-0.4, -0.2) is 19.1 Å². The second-order valence-corrected chi connectivity index (χ2v) is 5.78. The minimum atomic E-state index is -0.452. The Morgan fingerprint density at radius 3 is 2.68 bits per heavy atom. The summed E-state index contributed by atoms with van der Waals surface area (Å²) >= 11 is 0. The molecule has 1 heterocycles. The van der Waals surface area contributed by atoms with E-state index in [4.69, 9.17) is 9.15 Å². The van der Waals surface area contributed by atoms with Gasteiger partial charge in [-0.15, -0.1) is 0 Å². The molecule has 1 aliphatic rings. The first-order valence-electron chi connectivity index (χ1n) is 7.40. The average Bonchev–Trinajstić information content (AvgIpc) is 3.28. The zero-order valence-electron chi connectivity index (χ0n) is 13.0. The van der Waals surface area contributed by atoms with Crippen LogP contribution < -0.4 is 15.7 Å². The quantitative estimate of drug-likeness (QED) is 0.879. The summed E-state index contributed by atoms with van der Waals surface area (Å²) in [5, 5.41) is 3.73. The monoisotopic (exact) mass is 301 g/mol. The third kappa shape index (κ3) is 2.58. The van der Waals surface area contributed by atoms with Gasteiger partial charge in [0.05, 0.1) is 19.1 Å². The number of fused-ring (bicyclic) bond motifs is 1. The number of benzene rings is 1. The summed E-state index contributed by atoms with van der Waals surface area (Å²) in [5.74, 6) is 0.553. The lowest BCUT2D eigenvalue weighted by atomic mass is 10.0. The van der Waals surface area contributed by atoms with Crippen LogP contribution in [0.15, 0.2) is 21.3 Å². The molecule has 0 unspecified atom stereocenters. The molecule has 1 aromatic carbocycles. The molecule has 1 saturated carbocycles. The van der Waals surface area contributed by atoms with E-state index in [1.165, 1.54) is 0 Å². The summed E-state index contributed by atoms with van der Waals surface area (Å²) in [5.41, 5.74) is 2.08. The molecule has 0 radical (unpaired) electrons. The second-order valence-electron chi connectivity index (χ2n) is 5.78. The summed E-state index contributed by atoms with van der Waals surface area (Å²) in [7, 11) is 1.58. The first-order valence-corrected chi connectivity index (χ1v) is 7.40. The molecule has 116 valence electrons. The van der Waals surface area contributed by atoms with Crippen molar-refractivity contribution in [3.8, 4) is 5.75 Å². The van der Waals surface area contributed by atoms with Gasteiger partial charge in [-0.2, -0.15) is 0 Å². The van der Waals surface area contributed by atoms with Crippen LogP contribution in [0.5, 0.6) is 5.75 Å². The number of aryl methyl sites for hydroxylation is 2. The van der Waals surface area contributed by atoms with Crippen LogP contribution in [0.4, 0.5) is 0 Å². The van der Waals surface area contributed by atoms with Crippen LogP contribution in [0.1, 0.15) is 29.5 Å². The lowest BCUT2D eigenvalue weighted by molar-refractivity contribution is -0.120. The van der Waals surface area contributed by atoms with Gasteiger partial charge in [-0.25, -0.2) is 4.79 Å². The highest BCUT2D eigenvalue weighted by Gasteiger charge is 2.24. The number of nitrogens with one attached hydrogen (secondary N) is 1. The number of methoxy groups -OCH3 is 1. The molecular weight excluding hydrogens is 282 g/mol. The molecule has 1 aromatic heterocycles. The van der Waals surface area contributed by atoms with E-state index < -0.39 is 5.63 Å². The number of carbonyl (C=O) groups is 1. The molecule has 0 spiro atoms. The Balaban J connectivity index is 2.04. The number of rotatable bonds is 4. The Labute approximate surface area is 128 Å². The molecule has 3 rings (SSSR count). The molecule has 5 nitrogen and oxygen atoms in total. The van der Waals surface area contributed by atoms with Crippen molar-refractivity contribution in [1.82, 2.24) is 5.32 Å². The summed E-state index contributed by atoms with van der Waals surface area (Å²) in [6, 6.07) is 3.99. The fraction of sp³-hybridized carbons (Fsp3) is 0.412. The molecule has 0 bridgehead atoms. The largest absolute Gasteiger partial charge is 0.496 e. The third-order valence-electron chi connectivity index (χ3n) is 4.15. The highest BCUT2D eigenvalue weighted by molar-refractivity contribution is 5.87. The van der Waals surface area contributed by atoms with Gasteiger partial charge in [0.2, 0.25) is 5.91 Å².